The normalized spacial score (nSPS) is 22.9. The highest BCUT2D eigenvalue weighted by atomic mass is 16.4. The van der Waals surface area contributed by atoms with Crippen LogP contribution in [0.2, 0.25) is 0 Å². The average Bonchev–Trinajstić information content (AvgIpc) is 2.60. The first-order valence-electron chi connectivity index (χ1n) is 8.71. The van der Waals surface area contributed by atoms with Crippen LogP contribution in [0.25, 0.3) is 0 Å². The van der Waals surface area contributed by atoms with Crippen LogP contribution >= 0.6 is 0 Å². The summed E-state index contributed by atoms with van der Waals surface area (Å²) in [5, 5.41) is 12.6. The van der Waals surface area contributed by atoms with Crippen LogP contribution in [-0.4, -0.2) is 23.5 Å². The highest BCUT2D eigenvalue weighted by Gasteiger charge is 2.40. The summed E-state index contributed by atoms with van der Waals surface area (Å²) in [6.45, 7) is 0.264. The highest BCUT2D eigenvalue weighted by Crippen LogP contribution is 2.37. The lowest BCUT2D eigenvalue weighted by atomic mass is 9.74. The van der Waals surface area contributed by atoms with Gasteiger partial charge in [-0.3, -0.25) is 9.59 Å². The maximum Gasteiger partial charge on any atom is 0.311 e. The third-order valence-electron chi connectivity index (χ3n) is 5.55. The van der Waals surface area contributed by atoms with E-state index in [1.165, 1.54) is 5.56 Å². The molecule has 1 atom stereocenters. The van der Waals surface area contributed by atoms with Crippen LogP contribution in [0.5, 0.6) is 0 Å². The molecule has 1 saturated carbocycles. The van der Waals surface area contributed by atoms with Crippen molar-refractivity contribution in [1.29, 1.82) is 0 Å². The number of carboxylic acid groups (broad SMARTS) is 1. The van der Waals surface area contributed by atoms with Crippen LogP contribution in [0.3, 0.4) is 0 Å². The molecule has 1 unspecified atom stereocenters. The molecule has 0 saturated heterocycles. The number of carboxylic acids is 1. The molecule has 2 aliphatic rings. The predicted octanol–water partition coefficient (Wildman–Crippen LogP) is 3.26. The number of nitrogens with one attached hydrogen (secondary N) is 1. The monoisotopic (exact) mass is 315 g/mol. The summed E-state index contributed by atoms with van der Waals surface area (Å²) in [6, 6.07) is 8.12. The van der Waals surface area contributed by atoms with E-state index in [4.69, 9.17) is 0 Å². The quantitative estimate of drug-likeness (QED) is 0.896. The van der Waals surface area contributed by atoms with Crippen molar-refractivity contribution in [2.24, 2.45) is 5.41 Å². The zero-order valence-electron chi connectivity index (χ0n) is 13.5. The van der Waals surface area contributed by atoms with E-state index in [1.54, 1.807) is 0 Å². The molecular weight excluding hydrogens is 290 g/mol. The molecule has 4 nitrogen and oxygen atoms in total. The van der Waals surface area contributed by atoms with Gasteiger partial charge in [0, 0.05) is 6.54 Å². The van der Waals surface area contributed by atoms with Gasteiger partial charge in [0.25, 0.3) is 0 Å². The number of rotatable bonds is 4. The van der Waals surface area contributed by atoms with Crippen molar-refractivity contribution in [1.82, 2.24) is 5.32 Å². The van der Waals surface area contributed by atoms with Gasteiger partial charge in [-0.25, -0.2) is 0 Å². The topological polar surface area (TPSA) is 66.4 Å². The van der Waals surface area contributed by atoms with Crippen molar-refractivity contribution in [3.63, 3.8) is 0 Å². The van der Waals surface area contributed by atoms with E-state index in [-0.39, 0.29) is 18.4 Å². The molecule has 0 bridgehead atoms. The Kier molecular flexibility index (Phi) is 4.69. The molecule has 0 heterocycles. The molecule has 1 aromatic carbocycles. The summed E-state index contributed by atoms with van der Waals surface area (Å²) in [7, 11) is 0. The minimum Gasteiger partial charge on any atom is -0.481 e. The van der Waals surface area contributed by atoms with Gasteiger partial charge >= 0.3 is 5.97 Å². The van der Waals surface area contributed by atoms with Gasteiger partial charge in [-0.05, 0) is 43.2 Å². The van der Waals surface area contributed by atoms with Crippen LogP contribution in [-0.2, 0) is 16.0 Å². The molecule has 4 heteroatoms. The fourth-order valence-electron chi connectivity index (χ4n) is 4.10. The van der Waals surface area contributed by atoms with Gasteiger partial charge in [0.15, 0.2) is 0 Å². The number of amides is 1. The Hall–Kier alpha value is -1.84. The Balaban J connectivity index is 1.69. The number of hydrogen-bond acceptors (Lipinski definition) is 2. The van der Waals surface area contributed by atoms with Gasteiger partial charge in [0.1, 0.15) is 0 Å². The Labute approximate surface area is 137 Å². The second-order valence-corrected chi connectivity index (χ2v) is 7.01. The van der Waals surface area contributed by atoms with Crippen molar-refractivity contribution in [2.75, 3.05) is 6.54 Å². The van der Waals surface area contributed by atoms with Crippen molar-refractivity contribution in [3.8, 4) is 0 Å². The predicted molar refractivity (Wildman–Crippen MR) is 88.3 cm³/mol. The lowest BCUT2D eigenvalue weighted by Crippen LogP contribution is -2.45. The van der Waals surface area contributed by atoms with E-state index < -0.39 is 11.4 Å². The van der Waals surface area contributed by atoms with E-state index >= 15 is 0 Å². The zero-order valence-corrected chi connectivity index (χ0v) is 13.5. The van der Waals surface area contributed by atoms with E-state index in [9.17, 15) is 14.7 Å². The Morgan fingerprint density at radius 1 is 1.13 bits per heavy atom. The van der Waals surface area contributed by atoms with Gasteiger partial charge in [0.05, 0.1) is 11.3 Å². The summed E-state index contributed by atoms with van der Waals surface area (Å²) in [5.41, 5.74) is 1.61. The molecule has 1 fully saturated rings. The number of fused-ring (bicyclic) bond motifs is 1. The molecule has 2 N–H and O–H groups in total. The first-order chi connectivity index (χ1) is 11.1. The standard InChI is InChI=1S/C19H25NO3/c21-17(16-10-6-8-14-7-2-3-9-15(14)16)20-13-19(18(22)23)11-4-1-5-12-19/h2-3,7,9,16H,1,4-6,8,10-13H2,(H,20,21)(H,22,23). The van der Waals surface area contributed by atoms with E-state index in [2.05, 4.69) is 11.4 Å². The number of aryl methyl sites for hydroxylation is 1. The van der Waals surface area contributed by atoms with E-state index in [0.717, 1.165) is 44.1 Å². The molecule has 0 aliphatic heterocycles. The maximum absolute atomic E-state index is 12.7. The number of benzene rings is 1. The summed E-state index contributed by atoms with van der Waals surface area (Å²) in [5.74, 6) is -0.903. The fraction of sp³-hybridized carbons (Fsp3) is 0.579. The summed E-state index contributed by atoms with van der Waals surface area (Å²) < 4.78 is 0. The minimum atomic E-state index is -0.762. The molecule has 0 aromatic heterocycles. The first-order valence-corrected chi connectivity index (χ1v) is 8.71. The average molecular weight is 315 g/mol. The largest absolute Gasteiger partial charge is 0.481 e. The Bertz CT molecular complexity index is 590. The van der Waals surface area contributed by atoms with Crippen LogP contribution in [0, 0.1) is 5.41 Å². The summed E-state index contributed by atoms with van der Waals surface area (Å²) in [6.07, 6.45) is 7.21. The molecule has 2 aliphatic carbocycles. The second-order valence-electron chi connectivity index (χ2n) is 7.01. The second kappa shape index (κ2) is 6.73. The van der Waals surface area contributed by atoms with Crippen molar-refractivity contribution in [2.45, 2.75) is 57.3 Å². The van der Waals surface area contributed by atoms with Crippen LogP contribution in [0.1, 0.15) is 62.0 Å². The maximum atomic E-state index is 12.7. The molecule has 0 spiro atoms. The first kappa shape index (κ1) is 16.0. The number of carbonyl (C=O) groups is 2. The lowest BCUT2D eigenvalue weighted by Gasteiger charge is -2.34. The molecule has 23 heavy (non-hydrogen) atoms. The van der Waals surface area contributed by atoms with Crippen LogP contribution in [0.15, 0.2) is 24.3 Å². The third kappa shape index (κ3) is 3.26. The zero-order chi connectivity index (χ0) is 16.3. The van der Waals surface area contributed by atoms with E-state index in [0.29, 0.717) is 12.8 Å². The van der Waals surface area contributed by atoms with Gasteiger partial charge in [-0.1, -0.05) is 43.5 Å². The summed E-state index contributed by atoms with van der Waals surface area (Å²) >= 11 is 0. The van der Waals surface area contributed by atoms with Crippen molar-refractivity contribution >= 4 is 11.9 Å². The number of aliphatic carboxylic acids is 1. The number of hydrogen-bond donors (Lipinski definition) is 2. The van der Waals surface area contributed by atoms with Gasteiger partial charge < -0.3 is 10.4 Å². The van der Waals surface area contributed by atoms with Gasteiger partial charge in [-0.15, -0.1) is 0 Å². The highest BCUT2D eigenvalue weighted by molar-refractivity contribution is 5.85. The Morgan fingerprint density at radius 2 is 1.87 bits per heavy atom. The number of carbonyl (C=O) groups excluding carboxylic acids is 1. The molecule has 3 rings (SSSR count). The molecule has 124 valence electrons. The Morgan fingerprint density at radius 3 is 2.61 bits per heavy atom. The smallest absolute Gasteiger partial charge is 0.311 e. The molecular formula is C19H25NO3. The van der Waals surface area contributed by atoms with E-state index in [1.807, 2.05) is 18.2 Å². The molecule has 1 amide bonds. The van der Waals surface area contributed by atoms with Gasteiger partial charge in [-0.2, -0.15) is 0 Å². The molecule has 1 aromatic rings. The van der Waals surface area contributed by atoms with Crippen LogP contribution in [0.4, 0.5) is 0 Å². The third-order valence-corrected chi connectivity index (χ3v) is 5.55. The van der Waals surface area contributed by atoms with Crippen molar-refractivity contribution < 1.29 is 14.7 Å². The lowest BCUT2D eigenvalue weighted by molar-refractivity contribution is -0.151. The van der Waals surface area contributed by atoms with Gasteiger partial charge in [0.2, 0.25) is 5.91 Å². The van der Waals surface area contributed by atoms with Crippen LogP contribution < -0.4 is 5.32 Å². The fourth-order valence-corrected chi connectivity index (χ4v) is 4.10. The molecule has 0 radical (unpaired) electrons. The minimum absolute atomic E-state index is 0.0108. The van der Waals surface area contributed by atoms with Crippen molar-refractivity contribution in [3.05, 3.63) is 35.4 Å². The summed E-state index contributed by atoms with van der Waals surface area (Å²) in [4.78, 5) is 24.4. The SMILES string of the molecule is O=C(NCC1(C(=O)O)CCCCC1)C1CCCc2ccccc21.